The van der Waals surface area contributed by atoms with Crippen molar-refractivity contribution < 1.29 is 13.9 Å². The maximum atomic E-state index is 14.0. The van der Waals surface area contributed by atoms with E-state index < -0.39 is 13.8 Å². The van der Waals surface area contributed by atoms with Crippen LogP contribution in [0.4, 0.5) is 10.5 Å². The van der Waals surface area contributed by atoms with Crippen LogP contribution in [0, 0.1) is 0 Å². The summed E-state index contributed by atoms with van der Waals surface area (Å²) >= 11 is 0. The normalized spacial score (nSPS) is 24.3. The standard InChI is InChI=1S/C29H40N4O4Si/c1-31(2)29(22-10-7-6-8-11-22)16-14-28(15-17-29)20-32(24-13-9-12-23-25(24)37-26(34)30-23)27(35)33(28)21-36-18-19-38(3,4)5/h6-13H,14-21H2,1-5H3,(H,30,34). The first-order valence-corrected chi connectivity index (χ1v) is 17.3. The van der Waals surface area contributed by atoms with Crippen molar-refractivity contribution in [3.8, 4) is 0 Å². The van der Waals surface area contributed by atoms with Gasteiger partial charge in [0.05, 0.1) is 23.3 Å². The maximum absolute atomic E-state index is 14.0. The monoisotopic (exact) mass is 536 g/mol. The molecule has 2 fully saturated rings. The number of amides is 2. The number of nitrogens with one attached hydrogen (secondary N) is 1. The molecule has 3 aromatic rings. The fraction of sp³-hybridized carbons (Fsp3) is 0.517. The molecule has 0 atom stereocenters. The number of carbonyl (C=O) groups excluding carboxylic acids is 1. The second-order valence-corrected chi connectivity index (χ2v) is 18.0. The lowest BCUT2D eigenvalue weighted by atomic mass is 9.68. The summed E-state index contributed by atoms with van der Waals surface area (Å²) in [6, 6.07) is 17.2. The molecular weight excluding hydrogens is 496 g/mol. The van der Waals surface area contributed by atoms with Crippen molar-refractivity contribution in [2.45, 2.75) is 62.4 Å². The fourth-order valence-electron chi connectivity index (χ4n) is 6.18. The zero-order chi connectivity index (χ0) is 27.1. The van der Waals surface area contributed by atoms with Gasteiger partial charge in [0.1, 0.15) is 6.73 Å². The van der Waals surface area contributed by atoms with Crippen LogP contribution in [0.25, 0.3) is 11.1 Å². The van der Waals surface area contributed by atoms with Gasteiger partial charge in [-0.25, -0.2) is 9.59 Å². The second-order valence-electron chi connectivity index (χ2n) is 12.3. The van der Waals surface area contributed by atoms with Crippen molar-refractivity contribution >= 4 is 30.9 Å². The van der Waals surface area contributed by atoms with Gasteiger partial charge in [0, 0.05) is 20.2 Å². The van der Waals surface area contributed by atoms with Crippen molar-refractivity contribution in [3.63, 3.8) is 0 Å². The van der Waals surface area contributed by atoms with E-state index in [4.69, 9.17) is 9.15 Å². The molecule has 0 unspecified atom stereocenters. The van der Waals surface area contributed by atoms with Gasteiger partial charge < -0.3 is 9.15 Å². The first-order chi connectivity index (χ1) is 18.0. The molecule has 0 radical (unpaired) electrons. The van der Waals surface area contributed by atoms with Crippen LogP contribution in [-0.2, 0) is 10.3 Å². The summed E-state index contributed by atoms with van der Waals surface area (Å²) in [7, 11) is 3.06. The van der Waals surface area contributed by atoms with Crippen molar-refractivity contribution in [1.82, 2.24) is 14.8 Å². The Balaban J connectivity index is 1.46. The number of hydrogen-bond acceptors (Lipinski definition) is 5. The fourth-order valence-corrected chi connectivity index (χ4v) is 6.94. The minimum Gasteiger partial charge on any atom is -0.406 e. The largest absolute Gasteiger partial charge is 0.417 e. The molecule has 2 aromatic carbocycles. The summed E-state index contributed by atoms with van der Waals surface area (Å²) in [6.45, 7) is 8.46. The Hall–Kier alpha value is -2.88. The van der Waals surface area contributed by atoms with Gasteiger partial charge in [0.2, 0.25) is 0 Å². The molecule has 9 heteroatoms. The third-order valence-corrected chi connectivity index (χ3v) is 10.3. The van der Waals surface area contributed by atoms with Crippen LogP contribution in [0.5, 0.6) is 0 Å². The summed E-state index contributed by atoms with van der Waals surface area (Å²) < 4.78 is 11.6. The van der Waals surface area contributed by atoms with Crippen LogP contribution in [0.1, 0.15) is 31.2 Å². The molecule has 0 bridgehead atoms. The van der Waals surface area contributed by atoms with Gasteiger partial charge in [-0.1, -0.05) is 56.0 Å². The van der Waals surface area contributed by atoms with Crippen molar-refractivity contribution in [3.05, 3.63) is 64.6 Å². The molecule has 2 heterocycles. The Bertz CT molecular complexity index is 1340. The van der Waals surface area contributed by atoms with Gasteiger partial charge in [-0.15, -0.1) is 0 Å². The van der Waals surface area contributed by atoms with Crippen molar-refractivity contribution in [2.75, 3.05) is 38.9 Å². The Labute approximate surface area is 225 Å². The lowest BCUT2D eigenvalue weighted by Crippen LogP contribution is -2.55. The third kappa shape index (κ3) is 4.83. The Morgan fingerprint density at radius 2 is 1.71 bits per heavy atom. The Morgan fingerprint density at radius 3 is 2.37 bits per heavy atom. The molecule has 204 valence electrons. The molecule has 1 N–H and O–H groups in total. The zero-order valence-corrected chi connectivity index (χ0v) is 24.3. The first kappa shape index (κ1) is 26.7. The van der Waals surface area contributed by atoms with E-state index in [0.29, 0.717) is 29.9 Å². The van der Waals surface area contributed by atoms with Crippen LogP contribution in [0.2, 0.25) is 25.7 Å². The molecule has 38 heavy (non-hydrogen) atoms. The van der Waals surface area contributed by atoms with E-state index in [-0.39, 0.29) is 23.8 Å². The predicted octanol–water partition coefficient (Wildman–Crippen LogP) is 5.45. The lowest BCUT2D eigenvalue weighted by molar-refractivity contribution is -0.0254. The molecule has 2 amide bonds. The zero-order valence-electron chi connectivity index (χ0n) is 23.3. The van der Waals surface area contributed by atoms with Crippen LogP contribution < -0.4 is 10.7 Å². The number of anilines is 1. The van der Waals surface area contributed by atoms with Gasteiger partial charge in [-0.05, 0) is 63.5 Å². The number of hydrogen-bond donors (Lipinski definition) is 1. The highest BCUT2D eigenvalue weighted by molar-refractivity contribution is 6.76. The smallest absolute Gasteiger partial charge is 0.406 e. The molecule has 1 aromatic heterocycles. The first-order valence-electron chi connectivity index (χ1n) is 13.6. The molecule has 1 saturated carbocycles. The number of aromatic nitrogens is 1. The van der Waals surface area contributed by atoms with E-state index in [1.165, 1.54) is 5.56 Å². The predicted molar refractivity (Wildman–Crippen MR) is 153 cm³/mol. The molecule has 1 aliphatic heterocycles. The topological polar surface area (TPSA) is 82.0 Å². The number of urea groups is 1. The van der Waals surface area contributed by atoms with Crippen molar-refractivity contribution in [1.29, 1.82) is 0 Å². The Kier molecular flexibility index (Phi) is 7.04. The highest BCUT2D eigenvalue weighted by atomic mass is 28.3. The summed E-state index contributed by atoms with van der Waals surface area (Å²) in [5.41, 5.74) is 2.52. The minimum absolute atomic E-state index is 0.0826. The molecular formula is C29H40N4O4Si. The van der Waals surface area contributed by atoms with Crippen LogP contribution in [-0.4, -0.2) is 68.4 Å². The van der Waals surface area contributed by atoms with Crippen molar-refractivity contribution in [2.24, 2.45) is 0 Å². The summed E-state index contributed by atoms with van der Waals surface area (Å²) in [5, 5.41) is 0. The summed E-state index contributed by atoms with van der Waals surface area (Å²) in [5.74, 6) is -0.517. The molecule has 5 rings (SSSR count). The van der Waals surface area contributed by atoms with E-state index in [1.807, 2.05) is 17.0 Å². The number of ether oxygens (including phenoxy) is 1. The second kappa shape index (κ2) is 10.0. The molecule has 1 aliphatic carbocycles. The Morgan fingerprint density at radius 1 is 1.00 bits per heavy atom. The van der Waals surface area contributed by atoms with E-state index >= 15 is 0 Å². The molecule has 2 aliphatic rings. The van der Waals surface area contributed by atoms with E-state index in [9.17, 15) is 9.59 Å². The molecule has 1 spiro atoms. The number of H-pyrrole nitrogens is 1. The van der Waals surface area contributed by atoms with E-state index in [2.05, 4.69) is 74.0 Å². The van der Waals surface area contributed by atoms with Gasteiger partial charge in [0.15, 0.2) is 5.58 Å². The molecule has 1 saturated heterocycles. The van der Waals surface area contributed by atoms with Crippen LogP contribution >= 0.6 is 0 Å². The number of oxazole rings is 1. The number of para-hydroxylation sites is 1. The van der Waals surface area contributed by atoms with E-state index in [0.717, 1.165) is 31.7 Å². The number of fused-ring (bicyclic) bond motifs is 1. The van der Waals surface area contributed by atoms with Gasteiger partial charge in [0.25, 0.3) is 0 Å². The molecule has 8 nitrogen and oxygen atoms in total. The summed E-state index contributed by atoms with van der Waals surface area (Å²) in [6.07, 6.45) is 3.57. The number of benzene rings is 2. The number of rotatable bonds is 8. The average Bonchev–Trinajstić information content (AvgIpc) is 3.39. The van der Waals surface area contributed by atoms with Gasteiger partial charge in [-0.2, -0.15) is 0 Å². The number of nitrogens with zero attached hydrogens (tertiary/aromatic N) is 3. The summed E-state index contributed by atoms with van der Waals surface area (Å²) in [4.78, 5) is 34.8. The average molecular weight is 537 g/mol. The quantitative estimate of drug-likeness (QED) is 0.306. The number of aromatic amines is 1. The lowest BCUT2D eigenvalue weighted by Gasteiger charge is -2.50. The van der Waals surface area contributed by atoms with Gasteiger partial charge in [-0.3, -0.25) is 19.7 Å². The van der Waals surface area contributed by atoms with Gasteiger partial charge >= 0.3 is 11.8 Å². The third-order valence-electron chi connectivity index (χ3n) is 8.60. The SMILES string of the molecule is CN(C)C1(c2ccccc2)CCC2(CC1)CN(c1cccc3[nH]c(=O)oc13)C(=O)N2COCC[Si](C)(C)C. The van der Waals surface area contributed by atoms with Crippen LogP contribution in [0.15, 0.2) is 57.7 Å². The number of carbonyl (C=O) groups is 1. The van der Waals surface area contributed by atoms with Crippen LogP contribution in [0.3, 0.4) is 0 Å². The minimum atomic E-state index is -1.25. The highest BCUT2D eigenvalue weighted by Gasteiger charge is 2.55. The maximum Gasteiger partial charge on any atom is 0.417 e. The van der Waals surface area contributed by atoms with E-state index in [1.54, 1.807) is 11.0 Å². The highest BCUT2D eigenvalue weighted by Crippen LogP contribution is 2.49.